The maximum absolute atomic E-state index is 11.3. The van der Waals surface area contributed by atoms with E-state index in [-0.39, 0.29) is 0 Å². The molecule has 0 aromatic heterocycles. The van der Waals surface area contributed by atoms with Crippen LogP contribution in [0.4, 0.5) is 0 Å². The van der Waals surface area contributed by atoms with Crippen LogP contribution in [0.25, 0.3) is 11.1 Å². The Bertz CT molecular complexity index is 663. The number of rotatable bonds is 3. The van der Waals surface area contributed by atoms with Gasteiger partial charge < -0.3 is 5.11 Å². The lowest BCUT2D eigenvalue weighted by molar-refractivity contribution is -0.142. The Labute approximate surface area is 128 Å². The highest BCUT2D eigenvalue weighted by Gasteiger charge is 2.29. The highest BCUT2D eigenvalue weighted by atomic mass is 35.5. The van der Waals surface area contributed by atoms with Gasteiger partial charge in [0.2, 0.25) is 0 Å². The molecule has 0 radical (unpaired) electrons. The van der Waals surface area contributed by atoms with Gasteiger partial charge in [-0.2, -0.15) is 0 Å². The molecule has 0 heterocycles. The standard InChI is InChI=1S/C16H14Cl2O2/c1-16(2,15(19)20)12-5-3-4-10(8-12)11-6-7-13(17)14(18)9-11/h3-9H,1-2H3,(H,19,20). The summed E-state index contributed by atoms with van der Waals surface area (Å²) in [4.78, 5) is 11.3. The summed E-state index contributed by atoms with van der Waals surface area (Å²) in [6.45, 7) is 3.37. The molecule has 0 amide bonds. The number of carboxylic acids is 1. The lowest BCUT2D eigenvalue weighted by Gasteiger charge is -2.20. The fourth-order valence-electron chi connectivity index (χ4n) is 1.89. The van der Waals surface area contributed by atoms with Crippen molar-refractivity contribution in [2.45, 2.75) is 19.3 Å². The normalized spacial score (nSPS) is 11.4. The van der Waals surface area contributed by atoms with Crippen molar-refractivity contribution in [1.82, 2.24) is 0 Å². The van der Waals surface area contributed by atoms with E-state index < -0.39 is 11.4 Å². The first-order valence-corrected chi connectivity index (χ1v) is 6.87. The Morgan fingerprint density at radius 3 is 2.25 bits per heavy atom. The van der Waals surface area contributed by atoms with E-state index in [0.29, 0.717) is 10.0 Å². The number of benzene rings is 2. The molecule has 1 N–H and O–H groups in total. The average Bonchev–Trinajstić information content (AvgIpc) is 2.42. The minimum absolute atomic E-state index is 0.479. The molecule has 0 unspecified atom stereocenters. The predicted octanol–water partition coefficient (Wildman–Crippen LogP) is 5.02. The summed E-state index contributed by atoms with van der Waals surface area (Å²) in [5.74, 6) is -0.858. The van der Waals surface area contributed by atoms with Crippen LogP contribution >= 0.6 is 23.2 Å². The molecule has 0 aliphatic carbocycles. The van der Waals surface area contributed by atoms with Gasteiger partial charge in [0.05, 0.1) is 15.5 Å². The molecule has 20 heavy (non-hydrogen) atoms. The molecule has 0 atom stereocenters. The molecule has 0 aliphatic rings. The molecule has 0 bridgehead atoms. The second-order valence-corrected chi connectivity index (χ2v) is 5.95. The van der Waals surface area contributed by atoms with Crippen LogP contribution in [0, 0.1) is 0 Å². The van der Waals surface area contributed by atoms with Crippen molar-refractivity contribution in [1.29, 1.82) is 0 Å². The van der Waals surface area contributed by atoms with E-state index in [9.17, 15) is 9.90 Å². The lowest BCUT2D eigenvalue weighted by atomic mass is 9.83. The summed E-state index contributed by atoms with van der Waals surface area (Å²) in [7, 11) is 0. The van der Waals surface area contributed by atoms with Crippen LogP contribution in [0.1, 0.15) is 19.4 Å². The molecule has 2 aromatic rings. The summed E-state index contributed by atoms with van der Waals surface area (Å²) in [6, 6.07) is 12.8. The zero-order chi connectivity index (χ0) is 14.9. The molecular weight excluding hydrogens is 295 g/mol. The van der Waals surface area contributed by atoms with Gasteiger partial charge in [0.1, 0.15) is 0 Å². The summed E-state index contributed by atoms with van der Waals surface area (Å²) >= 11 is 11.9. The molecule has 4 heteroatoms. The van der Waals surface area contributed by atoms with Crippen molar-refractivity contribution in [2.24, 2.45) is 0 Å². The van der Waals surface area contributed by atoms with Gasteiger partial charge in [-0.05, 0) is 42.7 Å². The van der Waals surface area contributed by atoms with Gasteiger partial charge in [0.15, 0.2) is 0 Å². The van der Waals surface area contributed by atoms with E-state index in [2.05, 4.69) is 0 Å². The summed E-state index contributed by atoms with van der Waals surface area (Å²) in [6.07, 6.45) is 0. The Kier molecular flexibility index (Phi) is 4.07. The van der Waals surface area contributed by atoms with Gasteiger partial charge in [-0.15, -0.1) is 0 Å². The van der Waals surface area contributed by atoms with E-state index in [0.717, 1.165) is 16.7 Å². The molecule has 0 spiro atoms. The SMILES string of the molecule is CC(C)(C(=O)O)c1cccc(-c2ccc(Cl)c(Cl)c2)c1. The third kappa shape index (κ3) is 2.82. The monoisotopic (exact) mass is 308 g/mol. The van der Waals surface area contributed by atoms with Gasteiger partial charge in [0.25, 0.3) is 0 Å². The van der Waals surface area contributed by atoms with Crippen LogP contribution in [0.2, 0.25) is 10.0 Å². The highest BCUT2D eigenvalue weighted by molar-refractivity contribution is 6.42. The van der Waals surface area contributed by atoms with Gasteiger partial charge in [-0.25, -0.2) is 0 Å². The molecule has 0 fully saturated rings. The molecule has 104 valence electrons. The fraction of sp³-hybridized carbons (Fsp3) is 0.188. The van der Waals surface area contributed by atoms with Crippen LogP contribution in [0.15, 0.2) is 42.5 Å². The van der Waals surface area contributed by atoms with Crippen LogP contribution < -0.4 is 0 Å². The minimum atomic E-state index is -0.938. The number of halogens is 2. The van der Waals surface area contributed by atoms with E-state index in [1.807, 2.05) is 30.3 Å². The largest absolute Gasteiger partial charge is 0.481 e. The van der Waals surface area contributed by atoms with Gasteiger partial charge in [0, 0.05) is 0 Å². The van der Waals surface area contributed by atoms with E-state index in [1.54, 1.807) is 26.0 Å². The van der Waals surface area contributed by atoms with Gasteiger partial charge in [-0.3, -0.25) is 4.79 Å². The zero-order valence-electron chi connectivity index (χ0n) is 11.2. The molecule has 2 nitrogen and oxygen atoms in total. The number of hydrogen-bond donors (Lipinski definition) is 1. The second kappa shape index (κ2) is 5.47. The Balaban J connectivity index is 2.49. The first-order chi connectivity index (χ1) is 9.32. The van der Waals surface area contributed by atoms with Crippen molar-refractivity contribution >= 4 is 29.2 Å². The van der Waals surface area contributed by atoms with Crippen molar-refractivity contribution in [3.05, 3.63) is 58.1 Å². The van der Waals surface area contributed by atoms with Crippen LogP contribution in [-0.2, 0) is 10.2 Å². The maximum Gasteiger partial charge on any atom is 0.313 e. The third-order valence-electron chi connectivity index (χ3n) is 3.37. The highest BCUT2D eigenvalue weighted by Crippen LogP contribution is 2.31. The van der Waals surface area contributed by atoms with E-state index in [4.69, 9.17) is 23.2 Å². The summed E-state index contributed by atoms with van der Waals surface area (Å²) in [5.41, 5.74) is 1.62. The predicted molar refractivity (Wildman–Crippen MR) is 82.6 cm³/mol. The van der Waals surface area contributed by atoms with E-state index >= 15 is 0 Å². The first kappa shape index (κ1) is 14.9. The molecule has 0 saturated carbocycles. The van der Waals surface area contributed by atoms with Crippen molar-refractivity contribution in [3.8, 4) is 11.1 Å². The molecular formula is C16H14Cl2O2. The van der Waals surface area contributed by atoms with Crippen molar-refractivity contribution < 1.29 is 9.90 Å². The quantitative estimate of drug-likeness (QED) is 0.864. The second-order valence-electron chi connectivity index (χ2n) is 5.14. The zero-order valence-corrected chi connectivity index (χ0v) is 12.7. The first-order valence-electron chi connectivity index (χ1n) is 6.12. The Morgan fingerprint density at radius 1 is 1.00 bits per heavy atom. The Hall–Kier alpha value is -1.51. The van der Waals surface area contributed by atoms with Crippen LogP contribution in [-0.4, -0.2) is 11.1 Å². The molecule has 0 aliphatic heterocycles. The number of aliphatic carboxylic acids is 1. The van der Waals surface area contributed by atoms with Gasteiger partial charge in [-0.1, -0.05) is 53.5 Å². The molecule has 2 aromatic carbocycles. The average molecular weight is 309 g/mol. The van der Waals surface area contributed by atoms with Crippen LogP contribution in [0.5, 0.6) is 0 Å². The van der Waals surface area contributed by atoms with Crippen LogP contribution in [0.3, 0.4) is 0 Å². The maximum atomic E-state index is 11.3. The third-order valence-corrected chi connectivity index (χ3v) is 4.11. The smallest absolute Gasteiger partial charge is 0.313 e. The fourth-order valence-corrected chi connectivity index (χ4v) is 2.18. The minimum Gasteiger partial charge on any atom is -0.481 e. The number of hydrogen-bond acceptors (Lipinski definition) is 1. The number of carbonyl (C=O) groups is 1. The number of carboxylic acid groups (broad SMARTS) is 1. The van der Waals surface area contributed by atoms with E-state index in [1.165, 1.54) is 0 Å². The lowest BCUT2D eigenvalue weighted by Crippen LogP contribution is -2.28. The topological polar surface area (TPSA) is 37.3 Å². The summed E-state index contributed by atoms with van der Waals surface area (Å²) < 4.78 is 0. The molecule has 2 rings (SSSR count). The van der Waals surface area contributed by atoms with Crippen molar-refractivity contribution in [2.75, 3.05) is 0 Å². The van der Waals surface area contributed by atoms with Crippen molar-refractivity contribution in [3.63, 3.8) is 0 Å². The summed E-state index contributed by atoms with van der Waals surface area (Å²) in [5, 5.41) is 10.3. The molecule has 0 saturated heterocycles. The Morgan fingerprint density at radius 2 is 1.65 bits per heavy atom. The van der Waals surface area contributed by atoms with Gasteiger partial charge >= 0.3 is 5.97 Å².